The number of nitrogens with zero attached hydrogens (tertiary/aromatic N) is 4. The highest BCUT2D eigenvalue weighted by molar-refractivity contribution is 5.92. The maximum absolute atomic E-state index is 13.4. The second-order valence-corrected chi connectivity index (χ2v) is 7.73. The van der Waals surface area contributed by atoms with Crippen molar-refractivity contribution in [2.45, 2.75) is 31.2 Å². The molecule has 1 saturated carbocycles. The Morgan fingerprint density at radius 1 is 1.19 bits per heavy atom. The first kappa shape index (κ1) is 18.0. The van der Waals surface area contributed by atoms with E-state index in [0.29, 0.717) is 0 Å². The molecule has 0 N–H and O–H groups in total. The van der Waals surface area contributed by atoms with Crippen LogP contribution in [0, 0.1) is 0 Å². The fraction of sp³-hybridized carbons (Fsp3) is 0.524. The van der Waals surface area contributed by atoms with E-state index in [9.17, 15) is 4.79 Å². The molecule has 6 nitrogen and oxygen atoms in total. The molecule has 1 aromatic heterocycles. The van der Waals surface area contributed by atoms with E-state index >= 15 is 0 Å². The smallest absolute Gasteiger partial charge is 0.233 e. The van der Waals surface area contributed by atoms with Crippen molar-refractivity contribution in [3.05, 3.63) is 47.8 Å². The molecule has 2 fully saturated rings. The molecule has 2 aliphatic rings. The van der Waals surface area contributed by atoms with Crippen molar-refractivity contribution in [3.63, 3.8) is 0 Å². The van der Waals surface area contributed by atoms with Crippen LogP contribution >= 0.6 is 0 Å². The zero-order chi connectivity index (χ0) is 18.9. The number of methoxy groups -OCH3 is 1. The van der Waals surface area contributed by atoms with Crippen molar-refractivity contribution in [1.29, 1.82) is 0 Å². The van der Waals surface area contributed by atoms with Crippen LogP contribution in [0.25, 0.3) is 0 Å². The molecule has 1 saturated heterocycles. The summed E-state index contributed by atoms with van der Waals surface area (Å²) in [5.41, 5.74) is 1.91. The van der Waals surface area contributed by atoms with Crippen LogP contribution in [0.4, 0.5) is 0 Å². The first-order valence-corrected chi connectivity index (χ1v) is 9.75. The van der Waals surface area contributed by atoms with Crippen molar-refractivity contribution in [1.82, 2.24) is 19.6 Å². The Bertz CT molecular complexity index is 812. The van der Waals surface area contributed by atoms with Gasteiger partial charge < -0.3 is 9.64 Å². The molecule has 1 aliphatic heterocycles. The van der Waals surface area contributed by atoms with Gasteiger partial charge in [0.05, 0.1) is 18.7 Å². The number of aryl methyl sites for hydroxylation is 1. The Balaban J connectivity index is 1.44. The average Bonchev–Trinajstić information content (AvgIpc) is 3.44. The van der Waals surface area contributed by atoms with Crippen LogP contribution in [0.3, 0.4) is 0 Å². The lowest BCUT2D eigenvalue weighted by Gasteiger charge is -2.27. The molecule has 0 spiro atoms. The van der Waals surface area contributed by atoms with Crippen molar-refractivity contribution >= 4 is 5.91 Å². The standard InChI is InChI=1S/C21H28N4O2/c1-23-15-17(14-22-23)16-24-10-5-11-25(13-12-24)20(26)21(8-9-21)18-6-3-4-7-19(18)27-2/h3-4,6-7,14-15H,5,8-13,16H2,1-2H3. The van der Waals surface area contributed by atoms with Crippen LogP contribution in [0.5, 0.6) is 5.75 Å². The third-order valence-corrected chi connectivity index (χ3v) is 5.82. The molecule has 1 aliphatic carbocycles. The first-order chi connectivity index (χ1) is 13.1. The van der Waals surface area contributed by atoms with Gasteiger partial charge in [-0.2, -0.15) is 5.10 Å². The maximum Gasteiger partial charge on any atom is 0.233 e. The molecule has 1 aromatic carbocycles. The van der Waals surface area contributed by atoms with Gasteiger partial charge in [-0.3, -0.25) is 14.4 Å². The highest BCUT2D eigenvalue weighted by Crippen LogP contribution is 2.52. The summed E-state index contributed by atoms with van der Waals surface area (Å²) in [6, 6.07) is 7.98. The highest BCUT2D eigenvalue weighted by atomic mass is 16.5. The van der Waals surface area contributed by atoms with Crippen molar-refractivity contribution in [2.75, 3.05) is 33.3 Å². The summed E-state index contributed by atoms with van der Waals surface area (Å²) in [6.07, 6.45) is 6.83. The molecule has 0 atom stereocenters. The van der Waals surface area contributed by atoms with Crippen LogP contribution in [-0.4, -0.2) is 58.8 Å². The first-order valence-electron chi connectivity index (χ1n) is 9.75. The van der Waals surface area contributed by atoms with Gasteiger partial charge in [-0.05, 0) is 25.3 Å². The minimum Gasteiger partial charge on any atom is -0.496 e. The van der Waals surface area contributed by atoms with Gasteiger partial charge in [0, 0.05) is 57.1 Å². The molecule has 6 heteroatoms. The van der Waals surface area contributed by atoms with E-state index in [4.69, 9.17) is 4.74 Å². The summed E-state index contributed by atoms with van der Waals surface area (Å²) < 4.78 is 7.37. The number of carbonyl (C=O) groups is 1. The van der Waals surface area contributed by atoms with E-state index in [2.05, 4.69) is 27.2 Å². The SMILES string of the molecule is COc1ccccc1C1(C(=O)N2CCCN(Cc3cnn(C)c3)CC2)CC1. The quantitative estimate of drug-likeness (QED) is 0.812. The molecule has 4 rings (SSSR count). The van der Waals surface area contributed by atoms with Crippen LogP contribution in [0.2, 0.25) is 0 Å². The monoisotopic (exact) mass is 368 g/mol. The predicted molar refractivity (Wildman–Crippen MR) is 104 cm³/mol. The number of para-hydroxylation sites is 1. The Kier molecular flexibility index (Phi) is 4.91. The number of rotatable bonds is 5. The third-order valence-electron chi connectivity index (χ3n) is 5.82. The lowest BCUT2D eigenvalue weighted by molar-refractivity contribution is -0.133. The zero-order valence-corrected chi connectivity index (χ0v) is 16.2. The van der Waals surface area contributed by atoms with Crippen molar-refractivity contribution in [3.8, 4) is 5.75 Å². The molecule has 1 amide bonds. The molecule has 0 bridgehead atoms. The number of benzene rings is 1. The van der Waals surface area contributed by atoms with Gasteiger partial charge in [0.2, 0.25) is 5.91 Å². The fourth-order valence-corrected chi connectivity index (χ4v) is 4.21. The minimum absolute atomic E-state index is 0.273. The van der Waals surface area contributed by atoms with Gasteiger partial charge in [0.1, 0.15) is 5.75 Å². The number of ether oxygens (including phenoxy) is 1. The van der Waals surface area contributed by atoms with E-state index < -0.39 is 0 Å². The number of carbonyl (C=O) groups excluding carboxylic acids is 1. The predicted octanol–water partition coefficient (Wildman–Crippen LogP) is 2.19. The van der Waals surface area contributed by atoms with E-state index in [1.807, 2.05) is 36.1 Å². The van der Waals surface area contributed by atoms with Gasteiger partial charge >= 0.3 is 0 Å². The second kappa shape index (κ2) is 7.35. The summed E-state index contributed by atoms with van der Waals surface area (Å²) in [5.74, 6) is 1.10. The Morgan fingerprint density at radius 2 is 2.00 bits per heavy atom. The van der Waals surface area contributed by atoms with Gasteiger partial charge in [-0.1, -0.05) is 18.2 Å². The molecule has 144 valence electrons. The molecular weight excluding hydrogens is 340 g/mol. The van der Waals surface area contributed by atoms with Crippen LogP contribution in [0.1, 0.15) is 30.4 Å². The van der Waals surface area contributed by atoms with E-state index in [1.165, 1.54) is 5.56 Å². The summed E-state index contributed by atoms with van der Waals surface area (Å²) in [4.78, 5) is 17.9. The van der Waals surface area contributed by atoms with Gasteiger partial charge in [0.15, 0.2) is 0 Å². The lowest BCUT2D eigenvalue weighted by Crippen LogP contribution is -2.41. The Morgan fingerprint density at radius 3 is 2.70 bits per heavy atom. The highest BCUT2D eigenvalue weighted by Gasteiger charge is 2.54. The van der Waals surface area contributed by atoms with Crippen LogP contribution in [0.15, 0.2) is 36.7 Å². The fourth-order valence-electron chi connectivity index (χ4n) is 4.21. The third kappa shape index (κ3) is 3.58. The molecule has 27 heavy (non-hydrogen) atoms. The molecule has 2 aromatic rings. The summed E-state index contributed by atoms with van der Waals surface area (Å²) in [7, 11) is 3.63. The molecule has 0 unspecified atom stereocenters. The van der Waals surface area contributed by atoms with Crippen molar-refractivity contribution < 1.29 is 9.53 Å². The Hall–Kier alpha value is -2.34. The summed E-state index contributed by atoms with van der Waals surface area (Å²) in [5, 5.41) is 4.25. The van der Waals surface area contributed by atoms with E-state index in [1.54, 1.807) is 7.11 Å². The summed E-state index contributed by atoms with van der Waals surface area (Å²) in [6.45, 7) is 4.44. The number of hydrogen-bond acceptors (Lipinski definition) is 4. The van der Waals surface area contributed by atoms with E-state index in [0.717, 1.165) is 63.3 Å². The van der Waals surface area contributed by atoms with Gasteiger partial charge in [-0.25, -0.2) is 0 Å². The maximum atomic E-state index is 13.4. The topological polar surface area (TPSA) is 50.6 Å². The molecule has 2 heterocycles. The Labute approximate surface area is 160 Å². The lowest BCUT2D eigenvalue weighted by atomic mass is 9.93. The molecular formula is C21H28N4O2. The van der Waals surface area contributed by atoms with Gasteiger partial charge in [-0.15, -0.1) is 0 Å². The largest absolute Gasteiger partial charge is 0.496 e. The number of aromatic nitrogens is 2. The van der Waals surface area contributed by atoms with Crippen LogP contribution < -0.4 is 4.74 Å². The number of hydrogen-bond donors (Lipinski definition) is 0. The second-order valence-electron chi connectivity index (χ2n) is 7.73. The van der Waals surface area contributed by atoms with Gasteiger partial charge in [0.25, 0.3) is 0 Å². The average molecular weight is 368 g/mol. The number of amides is 1. The normalized spacial score (nSPS) is 19.6. The van der Waals surface area contributed by atoms with Crippen molar-refractivity contribution in [2.24, 2.45) is 7.05 Å². The zero-order valence-electron chi connectivity index (χ0n) is 16.2. The van der Waals surface area contributed by atoms with Crippen LogP contribution in [-0.2, 0) is 23.8 Å². The minimum atomic E-state index is -0.370. The van der Waals surface area contributed by atoms with E-state index in [-0.39, 0.29) is 11.3 Å². The summed E-state index contributed by atoms with van der Waals surface area (Å²) >= 11 is 0. The molecule has 0 radical (unpaired) electrons.